The van der Waals surface area contributed by atoms with Gasteiger partial charge < -0.3 is 15.1 Å². The maximum absolute atomic E-state index is 11.3. The smallest absolute Gasteiger partial charge is 0.407 e. The summed E-state index contributed by atoms with van der Waals surface area (Å²) in [6.07, 6.45) is 9.06. The largest absolute Gasteiger partial charge is 0.465 e. The van der Waals surface area contributed by atoms with Gasteiger partial charge in [0.15, 0.2) is 0 Å². The third kappa shape index (κ3) is 3.49. The number of piperidine rings is 1. The van der Waals surface area contributed by atoms with Crippen LogP contribution in [0.1, 0.15) is 58.3 Å². The van der Waals surface area contributed by atoms with E-state index in [0.29, 0.717) is 24.0 Å². The van der Waals surface area contributed by atoms with Gasteiger partial charge in [0.25, 0.3) is 0 Å². The molecule has 2 saturated heterocycles. The number of nitrogens with zero attached hydrogens (tertiary/aromatic N) is 3. The van der Waals surface area contributed by atoms with E-state index in [4.69, 9.17) is 0 Å². The number of carbonyl (C=O) groups is 1. The second-order valence-corrected chi connectivity index (χ2v) is 9.42. The molecule has 2 aliphatic heterocycles. The first kappa shape index (κ1) is 19.5. The van der Waals surface area contributed by atoms with Crippen LogP contribution in [-0.4, -0.2) is 88.5 Å². The highest BCUT2D eigenvalue weighted by Crippen LogP contribution is 2.56. The molecule has 4 rings (SSSR count). The van der Waals surface area contributed by atoms with Gasteiger partial charge in [-0.1, -0.05) is 19.8 Å². The van der Waals surface area contributed by atoms with Gasteiger partial charge in [-0.2, -0.15) is 0 Å². The third-order valence-electron chi connectivity index (χ3n) is 8.30. The summed E-state index contributed by atoms with van der Waals surface area (Å²) in [5.74, 6) is 0.651. The summed E-state index contributed by atoms with van der Waals surface area (Å²) < 4.78 is 0. The molecule has 27 heavy (non-hydrogen) atoms. The Morgan fingerprint density at radius 1 is 1.15 bits per heavy atom. The highest BCUT2D eigenvalue weighted by Gasteiger charge is 2.58. The van der Waals surface area contributed by atoms with Crippen molar-refractivity contribution in [2.75, 3.05) is 39.3 Å². The molecular formula is C21H37N3O3. The lowest BCUT2D eigenvalue weighted by atomic mass is 9.54. The number of amides is 1. The molecular weight excluding hydrogens is 342 g/mol. The SMILES string of the molecule is CCC1C(N2CCC(N(CCO)C3CCC3)CC2)CC12CCN(C(=O)O)C2. The predicted molar refractivity (Wildman–Crippen MR) is 105 cm³/mol. The molecule has 0 aromatic rings. The summed E-state index contributed by atoms with van der Waals surface area (Å²) in [5, 5.41) is 18.8. The van der Waals surface area contributed by atoms with E-state index >= 15 is 0 Å². The van der Waals surface area contributed by atoms with Gasteiger partial charge in [-0.3, -0.25) is 9.80 Å². The fraction of sp³-hybridized carbons (Fsp3) is 0.952. The minimum absolute atomic E-state index is 0.253. The number of hydrogen-bond donors (Lipinski definition) is 2. The number of carboxylic acid groups (broad SMARTS) is 1. The van der Waals surface area contributed by atoms with Crippen molar-refractivity contribution >= 4 is 6.09 Å². The monoisotopic (exact) mass is 379 g/mol. The van der Waals surface area contributed by atoms with Crippen LogP contribution in [0.25, 0.3) is 0 Å². The van der Waals surface area contributed by atoms with E-state index in [0.717, 1.165) is 32.5 Å². The second-order valence-electron chi connectivity index (χ2n) is 9.42. The van der Waals surface area contributed by atoms with Gasteiger partial charge in [0.05, 0.1) is 6.61 Å². The van der Waals surface area contributed by atoms with Gasteiger partial charge >= 0.3 is 6.09 Å². The molecule has 6 nitrogen and oxygen atoms in total. The Morgan fingerprint density at radius 3 is 2.37 bits per heavy atom. The molecule has 2 heterocycles. The van der Waals surface area contributed by atoms with E-state index in [1.54, 1.807) is 4.90 Å². The molecule has 2 saturated carbocycles. The molecule has 0 aromatic carbocycles. The minimum Gasteiger partial charge on any atom is -0.465 e. The van der Waals surface area contributed by atoms with Crippen molar-refractivity contribution < 1.29 is 15.0 Å². The third-order valence-corrected chi connectivity index (χ3v) is 8.30. The lowest BCUT2D eigenvalue weighted by Crippen LogP contribution is -2.62. The van der Waals surface area contributed by atoms with Crippen LogP contribution in [0.3, 0.4) is 0 Å². The first-order valence-electron chi connectivity index (χ1n) is 11.2. The van der Waals surface area contributed by atoms with E-state index in [2.05, 4.69) is 16.7 Å². The van der Waals surface area contributed by atoms with E-state index in [1.165, 1.54) is 51.6 Å². The highest BCUT2D eigenvalue weighted by molar-refractivity contribution is 5.65. The summed E-state index contributed by atoms with van der Waals surface area (Å²) in [4.78, 5) is 18.3. The van der Waals surface area contributed by atoms with E-state index in [9.17, 15) is 15.0 Å². The van der Waals surface area contributed by atoms with Crippen LogP contribution >= 0.6 is 0 Å². The summed E-state index contributed by atoms with van der Waals surface area (Å²) in [6, 6.07) is 2.01. The summed E-state index contributed by atoms with van der Waals surface area (Å²) in [6.45, 7) is 7.20. The second kappa shape index (κ2) is 7.88. The Bertz CT molecular complexity index is 533. The molecule has 4 aliphatic rings. The van der Waals surface area contributed by atoms with Gasteiger partial charge in [0, 0.05) is 37.8 Å². The van der Waals surface area contributed by atoms with Crippen molar-refractivity contribution in [1.82, 2.24) is 14.7 Å². The van der Waals surface area contributed by atoms with Crippen molar-refractivity contribution in [3.63, 3.8) is 0 Å². The zero-order chi connectivity index (χ0) is 19.0. The van der Waals surface area contributed by atoms with Crippen molar-refractivity contribution in [3.8, 4) is 0 Å². The number of aliphatic hydroxyl groups excluding tert-OH is 1. The number of likely N-dealkylation sites (tertiary alicyclic amines) is 2. The zero-order valence-corrected chi connectivity index (χ0v) is 16.9. The topological polar surface area (TPSA) is 67.2 Å². The average molecular weight is 380 g/mol. The predicted octanol–water partition coefficient (Wildman–Crippen LogP) is 2.47. The first-order chi connectivity index (χ1) is 13.1. The Kier molecular flexibility index (Phi) is 5.68. The molecule has 6 heteroatoms. The lowest BCUT2D eigenvalue weighted by Gasteiger charge is -2.58. The van der Waals surface area contributed by atoms with Gasteiger partial charge in [0.2, 0.25) is 0 Å². The Hall–Kier alpha value is -0.850. The Morgan fingerprint density at radius 2 is 1.85 bits per heavy atom. The van der Waals surface area contributed by atoms with Gasteiger partial charge in [0.1, 0.15) is 0 Å². The molecule has 4 fully saturated rings. The van der Waals surface area contributed by atoms with E-state index in [1.807, 2.05) is 0 Å². The molecule has 1 spiro atoms. The fourth-order valence-electron chi connectivity index (χ4n) is 6.62. The van der Waals surface area contributed by atoms with Gasteiger partial charge in [-0.05, 0) is 62.9 Å². The Balaban J connectivity index is 1.31. The molecule has 0 radical (unpaired) electrons. The molecule has 154 valence electrons. The number of aliphatic hydroxyl groups is 1. The van der Waals surface area contributed by atoms with E-state index in [-0.39, 0.29) is 12.0 Å². The lowest BCUT2D eigenvalue weighted by molar-refractivity contribution is -0.0859. The van der Waals surface area contributed by atoms with Crippen molar-refractivity contribution in [3.05, 3.63) is 0 Å². The van der Waals surface area contributed by atoms with Crippen LogP contribution in [0, 0.1) is 11.3 Å². The van der Waals surface area contributed by atoms with Crippen molar-refractivity contribution in [2.45, 2.75) is 76.4 Å². The molecule has 0 aromatic heterocycles. The molecule has 2 aliphatic carbocycles. The minimum atomic E-state index is -0.744. The molecule has 2 N–H and O–H groups in total. The summed E-state index contributed by atoms with van der Waals surface area (Å²) >= 11 is 0. The molecule has 3 atom stereocenters. The normalized spacial score (nSPS) is 35.6. The Labute approximate surface area is 163 Å². The molecule has 1 amide bonds. The van der Waals surface area contributed by atoms with Crippen LogP contribution in [0.5, 0.6) is 0 Å². The number of rotatable bonds is 6. The maximum atomic E-state index is 11.3. The summed E-state index contributed by atoms with van der Waals surface area (Å²) in [7, 11) is 0. The zero-order valence-electron chi connectivity index (χ0n) is 16.9. The molecule has 3 unspecified atom stereocenters. The van der Waals surface area contributed by atoms with Gasteiger partial charge in [-0.25, -0.2) is 4.79 Å². The van der Waals surface area contributed by atoms with Crippen LogP contribution in [0.4, 0.5) is 4.79 Å². The highest BCUT2D eigenvalue weighted by atomic mass is 16.4. The summed E-state index contributed by atoms with van der Waals surface area (Å²) in [5.41, 5.74) is 0.253. The standard InChI is InChI=1S/C21H37N3O3/c1-2-18-19(14-21(18)8-11-23(15-21)20(26)27)22-9-6-17(7-10-22)24(12-13-25)16-4-3-5-16/h16-19,25H,2-15H2,1H3,(H,26,27). The van der Waals surface area contributed by atoms with Crippen LogP contribution in [0.15, 0.2) is 0 Å². The molecule has 0 bridgehead atoms. The first-order valence-corrected chi connectivity index (χ1v) is 11.2. The van der Waals surface area contributed by atoms with Crippen LogP contribution < -0.4 is 0 Å². The van der Waals surface area contributed by atoms with Gasteiger partial charge in [-0.15, -0.1) is 0 Å². The van der Waals surface area contributed by atoms with Crippen molar-refractivity contribution in [1.29, 1.82) is 0 Å². The van der Waals surface area contributed by atoms with Crippen LogP contribution in [0.2, 0.25) is 0 Å². The van der Waals surface area contributed by atoms with Crippen LogP contribution in [-0.2, 0) is 0 Å². The maximum Gasteiger partial charge on any atom is 0.407 e. The number of hydrogen-bond acceptors (Lipinski definition) is 4. The average Bonchev–Trinajstić information content (AvgIpc) is 3.06. The quantitative estimate of drug-likeness (QED) is 0.742. The fourth-order valence-corrected chi connectivity index (χ4v) is 6.62. The van der Waals surface area contributed by atoms with E-state index < -0.39 is 6.09 Å². The van der Waals surface area contributed by atoms with Crippen molar-refractivity contribution in [2.24, 2.45) is 11.3 Å².